The number of nitriles is 1. The quantitative estimate of drug-likeness (QED) is 0.517. The third-order valence-corrected chi connectivity index (χ3v) is 3.33. The summed E-state index contributed by atoms with van der Waals surface area (Å²) in [5.41, 5.74) is 0.369. The lowest BCUT2D eigenvalue weighted by Crippen LogP contribution is -2.37. The molecule has 1 aromatic carbocycles. The number of nitrogens with one attached hydrogen (secondary N) is 1. The van der Waals surface area contributed by atoms with Crippen LogP contribution in [-0.2, 0) is 6.54 Å². The van der Waals surface area contributed by atoms with E-state index in [1.165, 1.54) is 30.3 Å². The molecule has 2 unspecified atom stereocenters. The molecule has 0 saturated heterocycles. The summed E-state index contributed by atoms with van der Waals surface area (Å²) in [6.45, 7) is -0.124. The summed E-state index contributed by atoms with van der Waals surface area (Å²) in [6, 6.07) is 9.78. The van der Waals surface area contributed by atoms with Crippen LogP contribution in [0, 0.1) is 21.4 Å². The first kappa shape index (κ1) is 16.6. The molecule has 0 aliphatic rings. The lowest BCUT2D eigenvalue weighted by molar-refractivity contribution is -0.384. The van der Waals surface area contributed by atoms with Gasteiger partial charge in [0, 0.05) is 12.1 Å². The van der Waals surface area contributed by atoms with Crippen LogP contribution in [0.3, 0.4) is 0 Å². The highest BCUT2D eigenvalue weighted by Crippen LogP contribution is 2.20. The fourth-order valence-electron chi connectivity index (χ4n) is 2.07. The third-order valence-electron chi connectivity index (χ3n) is 3.33. The highest BCUT2D eigenvalue weighted by molar-refractivity contribution is 5.34. The molecule has 0 aliphatic heterocycles. The van der Waals surface area contributed by atoms with Crippen molar-refractivity contribution in [2.45, 2.75) is 18.7 Å². The Bertz CT molecular complexity index is 705. The van der Waals surface area contributed by atoms with Gasteiger partial charge in [-0.2, -0.15) is 5.26 Å². The van der Waals surface area contributed by atoms with Crippen LogP contribution < -0.4 is 5.32 Å². The van der Waals surface area contributed by atoms with Crippen molar-refractivity contribution in [3.8, 4) is 6.07 Å². The first-order valence-electron chi connectivity index (χ1n) is 6.80. The van der Waals surface area contributed by atoms with E-state index >= 15 is 0 Å². The van der Waals surface area contributed by atoms with Gasteiger partial charge in [0.05, 0.1) is 30.2 Å². The Morgan fingerprint density at radius 1 is 1.30 bits per heavy atom. The largest absolute Gasteiger partial charge is 0.449 e. The van der Waals surface area contributed by atoms with Crippen molar-refractivity contribution < 1.29 is 19.6 Å². The summed E-state index contributed by atoms with van der Waals surface area (Å²) < 4.78 is 5.19. The minimum Gasteiger partial charge on any atom is -0.449 e. The first-order valence-corrected chi connectivity index (χ1v) is 6.80. The standard InChI is InChI=1S/C15H15N3O5/c16-7-12-5-6-13(23-12)8-17-14(9-19)15(20)10-1-3-11(4-2-10)18(21)22/h1-6,14-15,17,19-20H,8-9H2. The highest BCUT2D eigenvalue weighted by Gasteiger charge is 2.21. The number of nitro benzene ring substituents is 1. The molecule has 0 saturated carbocycles. The van der Waals surface area contributed by atoms with Gasteiger partial charge in [-0.15, -0.1) is 0 Å². The number of hydrogen-bond donors (Lipinski definition) is 3. The molecule has 8 heteroatoms. The molecule has 1 heterocycles. The van der Waals surface area contributed by atoms with Crippen LogP contribution in [0.1, 0.15) is 23.2 Å². The molecule has 2 aromatic rings. The maximum Gasteiger partial charge on any atom is 0.269 e. The summed E-state index contributed by atoms with van der Waals surface area (Å²) in [4.78, 5) is 10.1. The predicted molar refractivity (Wildman–Crippen MR) is 79.2 cm³/mol. The van der Waals surface area contributed by atoms with Gasteiger partial charge in [-0.3, -0.25) is 10.1 Å². The average Bonchev–Trinajstić information content (AvgIpc) is 3.03. The molecule has 0 radical (unpaired) electrons. The summed E-state index contributed by atoms with van der Waals surface area (Å²) in [5.74, 6) is 0.675. The minimum absolute atomic E-state index is 0.0749. The lowest BCUT2D eigenvalue weighted by atomic mass is 10.0. The van der Waals surface area contributed by atoms with Crippen LogP contribution in [0.5, 0.6) is 0 Å². The molecule has 23 heavy (non-hydrogen) atoms. The number of aliphatic hydroxyl groups excluding tert-OH is 2. The van der Waals surface area contributed by atoms with Gasteiger partial charge in [-0.1, -0.05) is 0 Å². The van der Waals surface area contributed by atoms with Gasteiger partial charge in [0.15, 0.2) is 0 Å². The van der Waals surface area contributed by atoms with E-state index in [1.807, 2.05) is 6.07 Å². The van der Waals surface area contributed by atoms with Crippen LogP contribution >= 0.6 is 0 Å². The summed E-state index contributed by atoms with van der Waals surface area (Å²) >= 11 is 0. The van der Waals surface area contributed by atoms with Gasteiger partial charge in [0.2, 0.25) is 5.76 Å². The number of aliphatic hydroxyl groups is 2. The Morgan fingerprint density at radius 3 is 2.52 bits per heavy atom. The van der Waals surface area contributed by atoms with E-state index in [0.29, 0.717) is 11.3 Å². The smallest absolute Gasteiger partial charge is 0.269 e. The Hall–Kier alpha value is -2.73. The molecule has 0 amide bonds. The number of non-ortho nitro benzene ring substituents is 1. The van der Waals surface area contributed by atoms with Crippen molar-refractivity contribution in [1.82, 2.24) is 5.32 Å². The van der Waals surface area contributed by atoms with E-state index in [0.717, 1.165) is 0 Å². The second-order valence-corrected chi connectivity index (χ2v) is 4.84. The molecule has 1 aromatic heterocycles. The van der Waals surface area contributed by atoms with Gasteiger partial charge in [-0.05, 0) is 29.8 Å². The molecule has 0 fully saturated rings. The second kappa shape index (κ2) is 7.51. The Balaban J connectivity index is 2.01. The molecule has 8 nitrogen and oxygen atoms in total. The van der Waals surface area contributed by atoms with Gasteiger partial charge in [-0.25, -0.2) is 0 Å². The maximum absolute atomic E-state index is 10.6. The first-order chi connectivity index (χ1) is 11.0. The maximum atomic E-state index is 10.6. The van der Waals surface area contributed by atoms with Crippen LogP contribution in [-0.4, -0.2) is 27.8 Å². The molecule has 2 atom stereocenters. The number of rotatable bonds is 7. The molecular weight excluding hydrogens is 302 g/mol. The molecule has 0 spiro atoms. The van der Waals surface area contributed by atoms with Crippen LogP contribution in [0.25, 0.3) is 0 Å². The third kappa shape index (κ3) is 4.14. The van der Waals surface area contributed by atoms with Crippen LogP contribution in [0.2, 0.25) is 0 Å². The Kier molecular flexibility index (Phi) is 5.43. The monoisotopic (exact) mass is 317 g/mol. The van der Waals surface area contributed by atoms with E-state index in [-0.39, 0.29) is 24.6 Å². The molecular formula is C15H15N3O5. The zero-order chi connectivity index (χ0) is 16.8. The van der Waals surface area contributed by atoms with Crippen molar-refractivity contribution in [3.05, 3.63) is 63.6 Å². The molecule has 2 rings (SSSR count). The molecule has 120 valence electrons. The van der Waals surface area contributed by atoms with Crippen molar-refractivity contribution >= 4 is 5.69 Å². The molecule has 0 aliphatic carbocycles. The van der Waals surface area contributed by atoms with Gasteiger partial charge >= 0.3 is 0 Å². The van der Waals surface area contributed by atoms with Crippen molar-refractivity contribution in [3.63, 3.8) is 0 Å². The number of benzene rings is 1. The summed E-state index contributed by atoms with van der Waals surface area (Å²) in [5, 5.41) is 41.9. The van der Waals surface area contributed by atoms with Crippen molar-refractivity contribution in [1.29, 1.82) is 5.26 Å². The zero-order valence-electron chi connectivity index (χ0n) is 12.0. The SMILES string of the molecule is N#Cc1ccc(CNC(CO)C(O)c2ccc([N+](=O)[O-])cc2)o1. The van der Waals surface area contributed by atoms with Gasteiger partial charge < -0.3 is 19.9 Å². The van der Waals surface area contributed by atoms with E-state index in [1.54, 1.807) is 6.07 Å². The van der Waals surface area contributed by atoms with Crippen molar-refractivity contribution in [2.75, 3.05) is 6.61 Å². The topological polar surface area (TPSA) is 133 Å². The fraction of sp³-hybridized carbons (Fsp3) is 0.267. The van der Waals surface area contributed by atoms with Crippen LogP contribution in [0.4, 0.5) is 5.69 Å². The van der Waals surface area contributed by atoms with E-state index in [9.17, 15) is 20.3 Å². The summed E-state index contributed by atoms with van der Waals surface area (Å²) in [6.07, 6.45) is -1.05. The minimum atomic E-state index is -1.05. The second-order valence-electron chi connectivity index (χ2n) is 4.84. The number of hydrogen-bond acceptors (Lipinski definition) is 7. The Labute approximate surface area is 131 Å². The highest BCUT2D eigenvalue weighted by atomic mass is 16.6. The molecule has 0 bridgehead atoms. The van der Waals surface area contributed by atoms with E-state index in [2.05, 4.69) is 5.32 Å². The fourth-order valence-corrected chi connectivity index (χ4v) is 2.07. The van der Waals surface area contributed by atoms with E-state index in [4.69, 9.17) is 9.68 Å². The van der Waals surface area contributed by atoms with Gasteiger partial charge in [0.25, 0.3) is 5.69 Å². The molecule has 3 N–H and O–H groups in total. The predicted octanol–water partition coefficient (Wildman–Crippen LogP) is 1.24. The average molecular weight is 317 g/mol. The normalized spacial score (nSPS) is 13.3. The number of nitro groups is 1. The number of nitrogens with zero attached hydrogens (tertiary/aromatic N) is 2. The van der Waals surface area contributed by atoms with Crippen molar-refractivity contribution in [2.24, 2.45) is 0 Å². The summed E-state index contributed by atoms with van der Waals surface area (Å²) in [7, 11) is 0. The Morgan fingerprint density at radius 2 is 2.00 bits per heavy atom. The van der Waals surface area contributed by atoms with E-state index < -0.39 is 17.1 Å². The van der Waals surface area contributed by atoms with Crippen LogP contribution in [0.15, 0.2) is 40.8 Å². The zero-order valence-corrected chi connectivity index (χ0v) is 12.0. The van der Waals surface area contributed by atoms with Gasteiger partial charge in [0.1, 0.15) is 11.8 Å². The number of furan rings is 1. The lowest BCUT2D eigenvalue weighted by Gasteiger charge is -2.22.